The summed E-state index contributed by atoms with van der Waals surface area (Å²) in [5, 5.41) is 7.19. The van der Waals surface area contributed by atoms with E-state index in [1.807, 2.05) is 0 Å². The van der Waals surface area contributed by atoms with Crippen LogP contribution in [0, 0.1) is 6.92 Å². The highest BCUT2D eigenvalue weighted by molar-refractivity contribution is 6.39. The van der Waals surface area contributed by atoms with Crippen LogP contribution in [-0.2, 0) is 9.53 Å². The van der Waals surface area contributed by atoms with E-state index in [-0.39, 0.29) is 17.9 Å². The van der Waals surface area contributed by atoms with Gasteiger partial charge in [-0.05, 0) is 32.9 Å². The Labute approximate surface area is 154 Å². The fraction of sp³-hybridized carbons (Fsp3) is 0.235. The highest BCUT2D eigenvalue weighted by atomic mass is 35.5. The Bertz CT molecular complexity index is 823. The molecule has 1 aromatic heterocycles. The molecule has 2 rings (SSSR count). The molecule has 0 atom stereocenters. The second-order valence-electron chi connectivity index (χ2n) is 5.09. The topological polar surface area (TPSA) is 81.4 Å². The molecule has 0 bridgehead atoms. The third kappa shape index (κ3) is 4.41. The predicted octanol–water partition coefficient (Wildman–Crippen LogP) is 4.15. The number of carbonyl (C=O) groups excluding carboxylic acids is 2. The number of amides is 1. The first-order valence-corrected chi connectivity index (χ1v) is 8.17. The molecule has 0 radical (unpaired) electrons. The number of aryl methyl sites for hydroxylation is 1. The highest BCUT2D eigenvalue weighted by Crippen LogP contribution is 2.36. The molecule has 1 N–H and O–H groups in total. The van der Waals surface area contributed by atoms with Crippen LogP contribution in [0.2, 0.25) is 10.0 Å². The molecule has 2 aromatic rings. The molecule has 0 fully saturated rings. The van der Waals surface area contributed by atoms with Crippen LogP contribution in [0.15, 0.2) is 34.5 Å². The summed E-state index contributed by atoms with van der Waals surface area (Å²) < 4.78 is 9.94. The number of hydrogen-bond donors (Lipinski definition) is 1. The van der Waals surface area contributed by atoms with Crippen LogP contribution in [0.1, 0.15) is 30.0 Å². The third-order valence-electron chi connectivity index (χ3n) is 3.22. The number of nitrogens with zero attached hydrogens (tertiary/aromatic N) is 1. The first kappa shape index (κ1) is 19.0. The number of hydrogen-bond acceptors (Lipinski definition) is 5. The number of nitrogens with one attached hydrogen (secondary N) is 1. The smallest absolute Gasteiger partial charge is 0.332 e. The average Bonchev–Trinajstić information content (AvgIpc) is 2.88. The van der Waals surface area contributed by atoms with E-state index in [4.69, 9.17) is 32.5 Å². The van der Waals surface area contributed by atoms with Crippen LogP contribution >= 0.6 is 23.2 Å². The summed E-state index contributed by atoms with van der Waals surface area (Å²) in [7, 11) is 0. The van der Waals surface area contributed by atoms with Crippen molar-refractivity contribution in [3.05, 3.63) is 51.3 Å². The Kier molecular flexibility index (Phi) is 6.22. The fourth-order valence-electron chi connectivity index (χ4n) is 2.17. The van der Waals surface area contributed by atoms with E-state index in [1.54, 1.807) is 39.0 Å². The van der Waals surface area contributed by atoms with Crippen LogP contribution in [0.4, 0.5) is 0 Å². The Morgan fingerprint density at radius 3 is 2.56 bits per heavy atom. The van der Waals surface area contributed by atoms with Gasteiger partial charge < -0.3 is 14.6 Å². The maximum Gasteiger partial charge on any atom is 0.332 e. The largest absolute Gasteiger partial charge is 0.463 e. The van der Waals surface area contributed by atoms with Gasteiger partial charge in [0.05, 0.1) is 16.7 Å². The molecule has 0 spiro atoms. The first-order valence-electron chi connectivity index (χ1n) is 7.42. The molecule has 132 valence electrons. The van der Waals surface area contributed by atoms with E-state index >= 15 is 0 Å². The van der Waals surface area contributed by atoms with E-state index < -0.39 is 11.9 Å². The second kappa shape index (κ2) is 8.18. The Morgan fingerprint density at radius 1 is 1.32 bits per heavy atom. The SMILES string of the molecule is CCOC(=O)/C=C(\C)NC(=O)c1c(-c2c(Cl)cccc2Cl)noc1C. The van der Waals surface area contributed by atoms with Crippen molar-refractivity contribution in [2.45, 2.75) is 20.8 Å². The minimum atomic E-state index is -0.545. The monoisotopic (exact) mass is 382 g/mol. The van der Waals surface area contributed by atoms with Gasteiger partial charge in [-0.15, -0.1) is 0 Å². The minimum Gasteiger partial charge on any atom is -0.463 e. The molecule has 0 aliphatic carbocycles. The maximum absolute atomic E-state index is 12.6. The van der Waals surface area contributed by atoms with Crippen molar-refractivity contribution in [1.82, 2.24) is 10.5 Å². The molecule has 0 aliphatic rings. The maximum atomic E-state index is 12.6. The van der Waals surface area contributed by atoms with E-state index in [0.717, 1.165) is 0 Å². The Hall–Kier alpha value is -2.31. The van der Waals surface area contributed by atoms with Crippen molar-refractivity contribution in [2.24, 2.45) is 0 Å². The van der Waals surface area contributed by atoms with Crippen molar-refractivity contribution in [3.8, 4) is 11.3 Å². The van der Waals surface area contributed by atoms with Gasteiger partial charge in [-0.25, -0.2) is 4.79 Å². The number of ether oxygens (including phenoxy) is 1. The molecule has 0 unspecified atom stereocenters. The lowest BCUT2D eigenvalue weighted by atomic mass is 10.1. The number of rotatable bonds is 5. The number of aromatic nitrogens is 1. The standard InChI is InChI=1S/C17H16Cl2N2O4/c1-4-24-13(22)8-9(2)20-17(23)14-10(3)25-21-16(14)15-11(18)6-5-7-12(15)19/h5-8H,4H2,1-3H3,(H,20,23)/b9-8+. The molecule has 0 saturated heterocycles. The van der Waals surface area contributed by atoms with E-state index in [1.165, 1.54) is 6.08 Å². The molecular weight excluding hydrogens is 367 g/mol. The van der Waals surface area contributed by atoms with Crippen LogP contribution in [0.25, 0.3) is 11.3 Å². The van der Waals surface area contributed by atoms with E-state index in [9.17, 15) is 9.59 Å². The van der Waals surface area contributed by atoms with Crippen molar-refractivity contribution in [1.29, 1.82) is 0 Å². The van der Waals surface area contributed by atoms with Gasteiger partial charge in [0, 0.05) is 17.3 Å². The van der Waals surface area contributed by atoms with Crippen molar-refractivity contribution in [3.63, 3.8) is 0 Å². The van der Waals surface area contributed by atoms with Gasteiger partial charge in [0.25, 0.3) is 5.91 Å². The zero-order valence-corrected chi connectivity index (χ0v) is 15.4. The van der Waals surface area contributed by atoms with Gasteiger partial charge in [-0.1, -0.05) is 34.4 Å². The van der Waals surface area contributed by atoms with Gasteiger partial charge in [0.1, 0.15) is 17.0 Å². The van der Waals surface area contributed by atoms with Gasteiger partial charge in [0.15, 0.2) is 0 Å². The quantitative estimate of drug-likeness (QED) is 0.620. The summed E-state index contributed by atoms with van der Waals surface area (Å²) >= 11 is 12.4. The lowest BCUT2D eigenvalue weighted by Crippen LogP contribution is -2.23. The summed E-state index contributed by atoms with van der Waals surface area (Å²) in [5.41, 5.74) is 1.14. The van der Waals surface area contributed by atoms with Gasteiger partial charge in [0.2, 0.25) is 0 Å². The zero-order chi connectivity index (χ0) is 18.6. The number of benzene rings is 1. The second-order valence-corrected chi connectivity index (χ2v) is 5.91. The lowest BCUT2D eigenvalue weighted by Gasteiger charge is -2.08. The number of esters is 1. The number of allylic oxidation sites excluding steroid dienone is 1. The minimum absolute atomic E-state index is 0.187. The summed E-state index contributed by atoms with van der Waals surface area (Å²) in [6, 6.07) is 4.97. The van der Waals surface area contributed by atoms with Crippen LogP contribution < -0.4 is 5.32 Å². The van der Waals surface area contributed by atoms with Gasteiger partial charge in [-0.3, -0.25) is 4.79 Å². The fourth-order valence-corrected chi connectivity index (χ4v) is 2.75. The van der Waals surface area contributed by atoms with Gasteiger partial charge >= 0.3 is 5.97 Å². The lowest BCUT2D eigenvalue weighted by molar-refractivity contribution is -0.137. The summed E-state index contributed by atoms with van der Waals surface area (Å²) in [5.74, 6) is -0.744. The van der Waals surface area contributed by atoms with Crippen molar-refractivity contribution in [2.75, 3.05) is 6.61 Å². The third-order valence-corrected chi connectivity index (χ3v) is 3.85. The van der Waals surface area contributed by atoms with Crippen LogP contribution in [0.5, 0.6) is 0 Å². The van der Waals surface area contributed by atoms with E-state index in [0.29, 0.717) is 27.1 Å². The van der Waals surface area contributed by atoms with Crippen molar-refractivity contribution < 1.29 is 18.8 Å². The van der Waals surface area contributed by atoms with Crippen LogP contribution in [0.3, 0.4) is 0 Å². The Balaban J connectivity index is 2.36. The number of halogens is 2. The van der Waals surface area contributed by atoms with E-state index in [2.05, 4.69) is 10.5 Å². The first-order chi connectivity index (χ1) is 11.8. The Morgan fingerprint density at radius 2 is 1.96 bits per heavy atom. The molecule has 25 heavy (non-hydrogen) atoms. The molecule has 1 amide bonds. The van der Waals surface area contributed by atoms with Gasteiger partial charge in [-0.2, -0.15) is 0 Å². The summed E-state index contributed by atoms with van der Waals surface area (Å²) in [4.78, 5) is 24.1. The molecule has 0 aliphatic heterocycles. The predicted molar refractivity (Wildman–Crippen MR) is 94.6 cm³/mol. The molecule has 0 saturated carbocycles. The van der Waals surface area contributed by atoms with Crippen LogP contribution in [-0.4, -0.2) is 23.6 Å². The summed E-state index contributed by atoms with van der Waals surface area (Å²) in [6.07, 6.45) is 1.19. The molecular formula is C17H16Cl2N2O4. The zero-order valence-electron chi connectivity index (χ0n) is 13.9. The molecule has 6 nitrogen and oxygen atoms in total. The number of carbonyl (C=O) groups is 2. The highest BCUT2D eigenvalue weighted by Gasteiger charge is 2.25. The molecule has 1 heterocycles. The molecule has 1 aromatic carbocycles. The summed E-state index contributed by atoms with van der Waals surface area (Å²) in [6.45, 7) is 5.11. The molecule has 8 heteroatoms. The van der Waals surface area contributed by atoms with Crippen molar-refractivity contribution >= 4 is 35.1 Å². The normalized spacial score (nSPS) is 11.3. The average molecular weight is 383 g/mol.